The molecule has 2 heterocycles. The molecule has 2 aliphatic rings. The summed E-state index contributed by atoms with van der Waals surface area (Å²) in [5.74, 6) is -4.27. The first-order valence-corrected chi connectivity index (χ1v) is 30.2. The van der Waals surface area contributed by atoms with Crippen LogP contribution in [0, 0.1) is 24.7 Å². The van der Waals surface area contributed by atoms with Gasteiger partial charge in [0, 0.05) is 34.7 Å². The van der Waals surface area contributed by atoms with Gasteiger partial charge in [-0.2, -0.15) is 0 Å². The van der Waals surface area contributed by atoms with Crippen molar-refractivity contribution in [3.8, 4) is 17.2 Å². The quantitative estimate of drug-likeness (QED) is 0.0292. The van der Waals surface area contributed by atoms with Crippen molar-refractivity contribution in [2.24, 2.45) is 10.8 Å². The number of nitrogens with zero attached hydrogens (tertiary/aromatic N) is 2. The summed E-state index contributed by atoms with van der Waals surface area (Å²) in [4.78, 5) is 132. The number of Topliss-reactive ketones (excluding diaryl/α,β-unsaturated/α-hetero) is 2. The fourth-order valence-electron chi connectivity index (χ4n) is 9.54. The van der Waals surface area contributed by atoms with Crippen LogP contribution >= 0.6 is 0 Å². The molecule has 0 aromatic heterocycles. The van der Waals surface area contributed by atoms with E-state index >= 15 is 0 Å². The van der Waals surface area contributed by atoms with Crippen LogP contribution in [-0.2, 0) is 53.2 Å². The molecule has 2 saturated heterocycles. The van der Waals surface area contributed by atoms with Gasteiger partial charge in [0.1, 0.15) is 17.2 Å². The topological polar surface area (TPSA) is 259 Å². The lowest BCUT2D eigenvalue weighted by atomic mass is 9.85. The number of anilines is 3. The first kappa shape index (κ1) is 71.8. The normalized spacial score (nSPS) is 15.8. The number of carbonyl (C=O) groups excluding carboxylic acids is 10. The minimum atomic E-state index is -1.85. The van der Waals surface area contributed by atoms with Gasteiger partial charge in [-0.15, -0.1) is 0 Å². The van der Waals surface area contributed by atoms with Gasteiger partial charge in [-0.3, -0.25) is 38.4 Å². The SMILES string of the molecule is CCCCCCCCCCCCC(Oc1ccc(OC(C)=O)c(C(C)(C)C)c1)C(=O)Nc1ccc(OC(C)C)c(NC(=O)C(C(=O)C(C)(C)C)N2C(=O)OC(C)(C)C2=O)c1.Cc1ccc(C)c(NC(=O)C(C(=O)C(C)(C)C)N2C(=O)OC(C)(C)C2=O)c1. The summed E-state index contributed by atoms with van der Waals surface area (Å²) in [6, 6.07) is 11.9. The van der Waals surface area contributed by atoms with Crippen LogP contribution in [0.4, 0.5) is 26.7 Å². The number of rotatable bonds is 26. The van der Waals surface area contributed by atoms with Gasteiger partial charge in [-0.05, 0) is 127 Å². The number of imide groups is 2. The number of esters is 1. The molecule has 2 aliphatic heterocycles. The first-order chi connectivity index (χ1) is 40.2. The Balaban J connectivity index is 0.000000497. The van der Waals surface area contributed by atoms with Crippen LogP contribution in [0.1, 0.15) is 205 Å². The van der Waals surface area contributed by atoms with Crippen molar-refractivity contribution in [2.45, 2.75) is 243 Å². The van der Waals surface area contributed by atoms with Crippen LogP contribution in [0.15, 0.2) is 54.6 Å². The number of nitrogens with one attached hydrogen (secondary N) is 3. The molecule has 3 N–H and O–H groups in total. The van der Waals surface area contributed by atoms with Crippen LogP contribution < -0.4 is 30.2 Å². The Hall–Kier alpha value is -7.64. The van der Waals surface area contributed by atoms with Crippen LogP contribution in [0.25, 0.3) is 0 Å². The van der Waals surface area contributed by atoms with E-state index < -0.39 is 105 Å². The lowest BCUT2D eigenvalue weighted by molar-refractivity contribution is -0.145. The van der Waals surface area contributed by atoms with E-state index in [4.69, 9.17) is 23.7 Å². The minimum Gasteiger partial charge on any atom is -0.489 e. The number of hydrogen-bond acceptors (Lipinski definition) is 15. The lowest BCUT2D eigenvalue weighted by Crippen LogP contribution is -2.55. The van der Waals surface area contributed by atoms with Crippen LogP contribution in [-0.4, -0.2) is 105 Å². The molecule has 20 nitrogen and oxygen atoms in total. The summed E-state index contributed by atoms with van der Waals surface area (Å²) in [5.41, 5.74) is -2.11. The van der Waals surface area contributed by atoms with E-state index in [2.05, 4.69) is 22.9 Å². The van der Waals surface area contributed by atoms with Crippen LogP contribution in [0.3, 0.4) is 0 Å². The second-order valence-electron chi connectivity index (χ2n) is 26.9. The average Bonchev–Trinajstić information content (AvgIpc) is 1.95. The minimum absolute atomic E-state index is 0.0977. The zero-order valence-corrected chi connectivity index (χ0v) is 54.8. The number of unbranched alkanes of at least 4 members (excludes halogenated alkanes) is 9. The lowest BCUT2D eigenvalue weighted by Gasteiger charge is -2.29. The number of ether oxygens (including phenoxy) is 5. The predicted molar refractivity (Wildman–Crippen MR) is 333 cm³/mol. The number of carbonyl (C=O) groups is 10. The molecular formula is C67H95N5O15. The largest absolute Gasteiger partial charge is 0.489 e. The fourth-order valence-corrected chi connectivity index (χ4v) is 9.54. The highest BCUT2D eigenvalue weighted by atomic mass is 16.6. The highest BCUT2D eigenvalue weighted by Gasteiger charge is 2.56. The van der Waals surface area contributed by atoms with Crippen molar-refractivity contribution in [3.05, 3.63) is 71.3 Å². The highest BCUT2D eigenvalue weighted by molar-refractivity contribution is 6.20. The Bertz CT molecular complexity index is 3030. The Labute approximate surface area is 514 Å². The fraction of sp³-hybridized carbons (Fsp3) is 0.582. The van der Waals surface area contributed by atoms with E-state index in [0.29, 0.717) is 39.1 Å². The second kappa shape index (κ2) is 29.8. The summed E-state index contributed by atoms with van der Waals surface area (Å²) < 4.78 is 28.2. The molecule has 3 unspecified atom stereocenters. The number of cyclic esters (lactones) is 2. The molecule has 0 aliphatic carbocycles. The van der Waals surface area contributed by atoms with E-state index in [-0.39, 0.29) is 17.5 Å². The Morgan fingerprint density at radius 2 is 1.03 bits per heavy atom. The molecule has 478 valence electrons. The smallest absolute Gasteiger partial charge is 0.418 e. The van der Waals surface area contributed by atoms with Gasteiger partial charge < -0.3 is 39.6 Å². The van der Waals surface area contributed by atoms with Crippen molar-refractivity contribution in [3.63, 3.8) is 0 Å². The monoisotopic (exact) mass is 1210 g/mol. The molecule has 3 atom stereocenters. The van der Waals surface area contributed by atoms with E-state index in [1.807, 2.05) is 46.8 Å². The molecule has 0 saturated carbocycles. The maximum absolute atomic E-state index is 14.1. The summed E-state index contributed by atoms with van der Waals surface area (Å²) in [6.45, 7) is 32.1. The van der Waals surface area contributed by atoms with Gasteiger partial charge >= 0.3 is 18.2 Å². The predicted octanol–water partition coefficient (Wildman–Crippen LogP) is 13.1. The van der Waals surface area contributed by atoms with Crippen LogP contribution in [0.5, 0.6) is 17.2 Å². The maximum atomic E-state index is 14.1. The first-order valence-electron chi connectivity index (χ1n) is 30.2. The third-order valence-electron chi connectivity index (χ3n) is 14.5. The molecular weight excluding hydrogens is 1110 g/mol. The Morgan fingerprint density at radius 3 is 1.47 bits per heavy atom. The van der Waals surface area contributed by atoms with E-state index in [0.717, 1.165) is 42.4 Å². The third kappa shape index (κ3) is 19.9. The van der Waals surface area contributed by atoms with Gasteiger partial charge in [-0.25, -0.2) is 19.4 Å². The zero-order valence-electron chi connectivity index (χ0n) is 54.8. The van der Waals surface area contributed by atoms with Crippen molar-refractivity contribution in [2.75, 3.05) is 16.0 Å². The zero-order chi connectivity index (χ0) is 65.7. The van der Waals surface area contributed by atoms with E-state index in [1.165, 1.54) is 79.2 Å². The summed E-state index contributed by atoms with van der Waals surface area (Å²) in [5, 5.41) is 8.33. The van der Waals surface area contributed by atoms with E-state index in [9.17, 15) is 47.9 Å². The molecule has 0 bridgehead atoms. The van der Waals surface area contributed by atoms with Crippen LogP contribution in [0.2, 0.25) is 0 Å². The molecule has 3 aromatic rings. The number of aryl methyl sites for hydroxylation is 2. The molecule has 0 radical (unpaired) electrons. The molecule has 3 aromatic carbocycles. The number of benzene rings is 3. The van der Waals surface area contributed by atoms with Crippen molar-refractivity contribution in [1.82, 2.24) is 9.80 Å². The second-order valence-corrected chi connectivity index (χ2v) is 26.9. The molecule has 87 heavy (non-hydrogen) atoms. The number of amides is 7. The molecule has 20 heteroatoms. The average molecular weight is 1210 g/mol. The Kier molecular flexibility index (Phi) is 24.6. The maximum Gasteiger partial charge on any atom is 0.418 e. The molecule has 0 spiro atoms. The van der Waals surface area contributed by atoms with Gasteiger partial charge in [0.15, 0.2) is 41.0 Å². The van der Waals surface area contributed by atoms with Crippen molar-refractivity contribution >= 4 is 76.3 Å². The number of ketones is 2. The van der Waals surface area contributed by atoms with Crippen molar-refractivity contribution in [1.29, 1.82) is 0 Å². The molecule has 5 rings (SSSR count). The highest BCUT2D eigenvalue weighted by Crippen LogP contribution is 2.37. The van der Waals surface area contributed by atoms with Crippen molar-refractivity contribution < 1.29 is 71.6 Å². The summed E-state index contributed by atoms with van der Waals surface area (Å²) in [6.07, 6.45) is 8.36. The Morgan fingerprint density at radius 1 is 0.563 bits per heavy atom. The number of hydrogen-bond donors (Lipinski definition) is 3. The summed E-state index contributed by atoms with van der Waals surface area (Å²) >= 11 is 0. The molecule has 7 amide bonds. The van der Waals surface area contributed by atoms with Gasteiger partial charge in [-0.1, -0.05) is 139 Å². The van der Waals surface area contributed by atoms with E-state index in [1.54, 1.807) is 91.8 Å². The van der Waals surface area contributed by atoms with Gasteiger partial charge in [0.25, 0.3) is 29.5 Å². The van der Waals surface area contributed by atoms with Gasteiger partial charge in [0.05, 0.1) is 11.8 Å². The molecule has 2 fully saturated rings. The standard InChI is InChI=1S/C47H69N3O10.C20H26N2O5/c1-13-14-15-16-17-18-19-20-21-22-23-38(59-33-25-27-36(58-31(4)51)34(29-33)45(5,6)7)41(53)48-32-24-26-37(57-30(2)3)35(28-32)49-42(54)39(40(52)46(8,9)10)50-43(55)47(11,12)60-44(50)56;1-11-8-9-12(2)13(10-11)21-16(24)14(15(23)19(3,4)5)22-17(25)20(6,7)27-18(22)26/h24-30,38-39H,13-23H2,1-12H3,(H,48,53)(H,49,54);8-10,14H,1-7H3,(H,21,24). The summed E-state index contributed by atoms with van der Waals surface area (Å²) in [7, 11) is 0. The third-order valence-corrected chi connectivity index (χ3v) is 14.5. The van der Waals surface area contributed by atoms with Gasteiger partial charge in [0.2, 0.25) is 0 Å².